The number of carbonyl (C=O) groups excluding carboxylic acids is 2. The van der Waals surface area contributed by atoms with Crippen molar-refractivity contribution < 1.29 is 14.0 Å². The van der Waals surface area contributed by atoms with Gasteiger partial charge in [0.15, 0.2) is 5.76 Å². The molecule has 1 heterocycles. The van der Waals surface area contributed by atoms with Crippen LogP contribution >= 0.6 is 0 Å². The Morgan fingerprint density at radius 1 is 0.704 bits per heavy atom. The summed E-state index contributed by atoms with van der Waals surface area (Å²) in [5, 5.41) is 7.71. The zero-order valence-corrected chi connectivity index (χ0v) is 14.3. The van der Waals surface area contributed by atoms with Gasteiger partial charge in [-0.05, 0) is 47.9 Å². The fourth-order valence-corrected chi connectivity index (χ4v) is 2.83. The molecule has 4 rings (SSSR count). The molecule has 2 amide bonds. The van der Waals surface area contributed by atoms with Crippen molar-refractivity contribution in [2.45, 2.75) is 0 Å². The average Bonchev–Trinajstić information content (AvgIpc) is 3.24. The summed E-state index contributed by atoms with van der Waals surface area (Å²) in [6, 6.07) is 23.6. The minimum Gasteiger partial charge on any atom is -0.459 e. The van der Waals surface area contributed by atoms with Crippen molar-refractivity contribution in [3.8, 4) is 0 Å². The maximum atomic E-state index is 12.6. The van der Waals surface area contributed by atoms with Crippen LogP contribution in [-0.4, -0.2) is 11.8 Å². The minimum atomic E-state index is -0.340. The molecular weight excluding hydrogens is 340 g/mol. The molecule has 132 valence electrons. The molecule has 5 heteroatoms. The predicted octanol–water partition coefficient (Wildman–Crippen LogP) is 4.94. The van der Waals surface area contributed by atoms with E-state index in [4.69, 9.17) is 4.42 Å². The number of amides is 2. The van der Waals surface area contributed by atoms with Crippen molar-refractivity contribution in [3.05, 3.63) is 96.4 Å². The molecule has 4 aromatic rings. The van der Waals surface area contributed by atoms with Crippen LogP contribution in [0.5, 0.6) is 0 Å². The van der Waals surface area contributed by atoms with E-state index in [9.17, 15) is 9.59 Å². The van der Waals surface area contributed by atoms with Crippen molar-refractivity contribution >= 4 is 34.0 Å². The maximum Gasteiger partial charge on any atom is 0.291 e. The highest BCUT2D eigenvalue weighted by molar-refractivity contribution is 6.09. The number of hydrogen-bond acceptors (Lipinski definition) is 3. The molecule has 0 radical (unpaired) electrons. The van der Waals surface area contributed by atoms with Gasteiger partial charge >= 0.3 is 0 Å². The number of benzene rings is 3. The number of rotatable bonds is 4. The van der Waals surface area contributed by atoms with Crippen LogP contribution in [0.15, 0.2) is 89.5 Å². The second-order valence-corrected chi connectivity index (χ2v) is 5.99. The number of furan rings is 1. The molecule has 1 aromatic heterocycles. The van der Waals surface area contributed by atoms with E-state index in [-0.39, 0.29) is 17.6 Å². The van der Waals surface area contributed by atoms with Crippen LogP contribution in [0.3, 0.4) is 0 Å². The van der Waals surface area contributed by atoms with Gasteiger partial charge in [0.1, 0.15) is 0 Å². The molecule has 0 saturated heterocycles. The van der Waals surface area contributed by atoms with Gasteiger partial charge in [-0.3, -0.25) is 9.59 Å². The molecule has 0 saturated carbocycles. The third-order valence-corrected chi connectivity index (χ3v) is 4.19. The van der Waals surface area contributed by atoms with Gasteiger partial charge in [0.25, 0.3) is 11.8 Å². The zero-order valence-electron chi connectivity index (χ0n) is 14.3. The molecule has 0 aliphatic carbocycles. The summed E-state index contributed by atoms with van der Waals surface area (Å²) < 4.78 is 5.05. The summed E-state index contributed by atoms with van der Waals surface area (Å²) in [6.07, 6.45) is 1.44. The van der Waals surface area contributed by atoms with Gasteiger partial charge in [-0.1, -0.05) is 36.4 Å². The first-order valence-corrected chi connectivity index (χ1v) is 8.45. The van der Waals surface area contributed by atoms with E-state index < -0.39 is 0 Å². The first-order chi connectivity index (χ1) is 13.2. The van der Waals surface area contributed by atoms with Crippen molar-refractivity contribution in [2.24, 2.45) is 0 Å². The highest BCUT2D eigenvalue weighted by Crippen LogP contribution is 2.23. The van der Waals surface area contributed by atoms with E-state index in [0.29, 0.717) is 11.3 Å². The Labute approximate surface area is 155 Å². The number of hydrogen-bond donors (Lipinski definition) is 2. The lowest BCUT2D eigenvalue weighted by molar-refractivity contribution is 0.0995. The molecule has 0 aliphatic rings. The number of carbonyl (C=O) groups is 2. The lowest BCUT2D eigenvalue weighted by Crippen LogP contribution is -2.13. The average molecular weight is 356 g/mol. The summed E-state index contributed by atoms with van der Waals surface area (Å²) in [4.78, 5) is 24.5. The molecule has 0 atom stereocenters. The van der Waals surface area contributed by atoms with Crippen LogP contribution in [0.25, 0.3) is 10.8 Å². The molecule has 0 bridgehead atoms. The molecule has 0 aliphatic heterocycles. The van der Waals surface area contributed by atoms with Crippen molar-refractivity contribution in [1.82, 2.24) is 0 Å². The van der Waals surface area contributed by atoms with Gasteiger partial charge in [0.05, 0.1) is 6.26 Å². The predicted molar refractivity (Wildman–Crippen MR) is 105 cm³/mol. The molecular formula is C22H16N2O3. The minimum absolute atomic E-state index is 0.213. The third kappa shape index (κ3) is 3.57. The van der Waals surface area contributed by atoms with Gasteiger partial charge < -0.3 is 15.1 Å². The smallest absolute Gasteiger partial charge is 0.291 e. The molecule has 3 aromatic carbocycles. The summed E-state index contributed by atoms with van der Waals surface area (Å²) in [7, 11) is 0. The number of fused-ring (bicyclic) bond motifs is 1. The molecule has 0 fully saturated rings. The first kappa shape index (κ1) is 16.6. The fourth-order valence-electron chi connectivity index (χ4n) is 2.83. The van der Waals surface area contributed by atoms with E-state index in [2.05, 4.69) is 10.6 Å². The number of anilines is 2. The first-order valence-electron chi connectivity index (χ1n) is 8.45. The van der Waals surface area contributed by atoms with Gasteiger partial charge in [-0.25, -0.2) is 0 Å². The molecule has 5 nitrogen and oxygen atoms in total. The summed E-state index contributed by atoms with van der Waals surface area (Å²) in [5.41, 5.74) is 1.84. The highest BCUT2D eigenvalue weighted by atomic mass is 16.3. The fraction of sp³-hybridized carbons (Fsp3) is 0. The normalized spacial score (nSPS) is 10.5. The quantitative estimate of drug-likeness (QED) is 0.544. The van der Waals surface area contributed by atoms with Crippen LogP contribution in [0.2, 0.25) is 0 Å². The zero-order chi connectivity index (χ0) is 18.6. The van der Waals surface area contributed by atoms with Crippen LogP contribution in [0, 0.1) is 0 Å². The largest absolute Gasteiger partial charge is 0.459 e. The maximum absolute atomic E-state index is 12.6. The Hall–Kier alpha value is -3.86. The Bertz CT molecular complexity index is 1090. The topological polar surface area (TPSA) is 71.3 Å². The second kappa shape index (κ2) is 7.17. The van der Waals surface area contributed by atoms with Crippen molar-refractivity contribution in [3.63, 3.8) is 0 Å². The van der Waals surface area contributed by atoms with Crippen LogP contribution in [-0.2, 0) is 0 Å². The van der Waals surface area contributed by atoms with Crippen molar-refractivity contribution in [2.75, 3.05) is 10.6 Å². The summed E-state index contributed by atoms with van der Waals surface area (Å²) in [6.45, 7) is 0. The molecule has 0 spiro atoms. The lowest BCUT2D eigenvalue weighted by Gasteiger charge is -2.09. The van der Waals surface area contributed by atoms with E-state index in [1.165, 1.54) is 6.26 Å². The van der Waals surface area contributed by atoms with Crippen molar-refractivity contribution in [1.29, 1.82) is 0 Å². The van der Waals surface area contributed by atoms with Crippen LogP contribution in [0.4, 0.5) is 11.4 Å². The second-order valence-electron chi connectivity index (χ2n) is 5.99. The summed E-state index contributed by atoms with van der Waals surface area (Å²) >= 11 is 0. The SMILES string of the molecule is O=C(Nc1cccc2ccccc12)c1ccc(NC(=O)c2ccco2)cc1. The molecule has 27 heavy (non-hydrogen) atoms. The third-order valence-electron chi connectivity index (χ3n) is 4.19. The van der Waals surface area contributed by atoms with Gasteiger partial charge in [0.2, 0.25) is 0 Å². The van der Waals surface area contributed by atoms with E-state index in [0.717, 1.165) is 16.5 Å². The highest BCUT2D eigenvalue weighted by Gasteiger charge is 2.11. The van der Waals surface area contributed by atoms with Gasteiger partial charge in [-0.15, -0.1) is 0 Å². The lowest BCUT2D eigenvalue weighted by atomic mass is 10.1. The van der Waals surface area contributed by atoms with E-state index in [1.807, 2.05) is 42.5 Å². The number of nitrogens with one attached hydrogen (secondary N) is 2. The van der Waals surface area contributed by atoms with Crippen LogP contribution < -0.4 is 10.6 Å². The summed E-state index contributed by atoms with van der Waals surface area (Å²) in [5.74, 6) is -0.323. The Kier molecular flexibility index (Phi) is 4.41. The Morgan fingerprint density at radius 2 is 1.48 bits per heavy atom. The van der Waals surface area contributed by atoms with E-state index in [1.54, 1.807) is 36.4 Å². The van der Waals surface area contributed by atoms with E-state index >= 15 is 0 Å². The van der Waals surface area contributed by atoms with Crippen LogP contribution in [0.1, 0.15) is 20.9 Å². The monoisotopic (exact) mass is 356 g/mol. The standard InChI is InChI=1S/C22H16N2O3/c25-21(24-19-8-3-6-15-5-1-2-7-18(15)19)16-10-12-17(13-11-16)23-22(26)20-9-4-14-27-20/h1-14H,(H,23,26)(H,24,25). The van der Waals surface area contributed by atoms with Gasteiger partial charge in [-0.2, -0.15) is 0 Å². The molecule has 2 N–H and O–H groups in total. The Balaban J connectivity index is 1.48. The van der Waals surface area contributed by atoms with Gasteiger partial charge in [0, 0.05) is 22.3 Å². The Morgan fingerprint density at radius 3 is 2.26 bits per heavy atom. The molecule has 0 unspecified atom stereocenters.